The lowest BCUT2D eigenvalue weighted by molar-refractivity contribution is 0.313. The maximum absolute atomic E-state index is 6.01. The van der Waals surface area contributed by atoms with E-state index in [9.17, 15) is 0 Å². The minimum absolute atomic E-state index is 0.893. The summed E-state index contributed by atoms with van der Waals surface area (Å²) in [7, 11) is 2.17. The quantitative estimate of drug-likeness (QED) is 0.627. The summed E-state index contributed by atoms with van der Waals surface area (Å²) < 4.78 is 0. The summed E-state index contributed by atoms with van der Waals surface area (Å²) in [6.45, 7) is 4.44. The number of nitrogen functional groups attached to an aromatic ring is 1. The Balaban J connectivity index is 2.12. The van der Waals surface area contributed by atoms with Crippen LogP contribution in [0.5, 0.6) is 0 Å². The average molecular weight is 237 g/mol. The normalized spacial score (nSPS) is 17.8. The van der Waals surface area contributed by atoms with Crippen molar-refractivity contribution in [3.8, 4) is 0 Å². The van der Waals surface area contributed by atoms with Gasteiger partial charge in [0.25, 0.3) is 0 Å². The Bertz CT molecular complexity index is 359. The molecule has 0 bridgehead atoms. The van der Waals surface area contributed by atoms with E-state index < -0.39 is 0 Å². The first-order valence-electron chi connectivity index (χ1n) is 5.57. The molecule has 0 amide bonds. The molecule has 88 valence electrons. The van der Waals surface area contributed by atoms with Crippen LogP contribution in [0.15, 0.2) is 23.1 Å². The number of likely N-dealkylation sites (N-methyl/N-ethyl adjacent to an activating group) is 1. The van der Waals surface area contributed by atoms with Crippen LogP contribution >= 0.6 is 11.8 Å². The van der Waals surface area contributed by atoms with E-state index in [4.69, 9.17) is 5.73 Å². The lowest BCUT2D eigenvalue weighted by Gasteiger charge is -2.34. The number of benzene rings is 1. The zero-order valence-electron chi connectivity index (χ0n) is 9.94. The van der Waals surface area contributed by atoms with E-state index in [1.165, 1.54) is 5.69 Å². The Morgan fingerprint density at radius 2 is 1.88 bits per heavy atom. The fourth-order valence-electron chi connectivity index (χ4n) is 1.98. The molecular formula is C12H19N3S. The third-order valence-electron chi connectivity index (χ3n) is 3.08. The summed E-state index contributed by atoms with van der Waals surface area (Å²) in [5, 5.41) is 0. The second-order valence-electron chi connectivity index (χ2n) is 4.22. The van der Waals surface area contributed by atoms with E-state index in [0.29, 0.717) is 0 Å². The van der Waals surface area contributed by atoms with Gasteiger partial charge in [-0.15, -0.1) is 11.8 Å². The van der Waals surface area contributed by atoms with Gasteiger partial charge in [0.05, 0.1) is 0 Å². The Hall–Kier alpha value is -0.870. The van der Waals surface area contributed by atoms with Crippen molar-refractivity contribution >= 4 is 23.1 Å². The van der Waals surface area contributed by atoms with Crippen LogP contribution in [-0.4, -0.2) is 44.4 Å². The molecule has 1 aliphatic heterocycles. The fraction of sp³-hybridized carbons (Fsp3) is 0.500. The molecule has 1 aromatic carbocycles. The number of thioether (sulfide) groups is 1. The van der Waals surface area contributed by atoms with E-state index in [2.05, 4.69) is 41.3 Å². The Morgan fingerprint density at radius 3 is 2.44 bits per heavy atom. The van der Waals surface area contributed by atoms with E-state index in [1.54, 1.807) is 11.8 Å². The van der Waals surface area contributed by atoms with Crippen LogP contribution < -0.4 is 10.6 Å². The van der Waals surface area contributed by atoms with Gasteiger partial charge >= 0.3 is 0 Å². The summed E-state index contributed by atoms with van der Waals surface area (Å²) in [4.78, 5) is 5.93. The molecule has 1 aliphatic rings. The van der Waals surface area contributed by atoms with Crippen LogP contribution in [0.3, 0.4) is 0 Å². The largest absolute Gasteiger partial charge is 0.398 e. The molecular weight excluding hydrogens is 218 g/mol. The Kier molecular flexibility index (Phi) is 3.61. The van der Waals surface area contributed by atoms with Crippen molar-refractivity contribution in [2.45, 2.75) is 4.90 Å². The highest BCUT2D eigenvalue weighted by Crippen LogP contribution is 2.27. The fourth-order valence-corrected chi connectivity index (χ4v) is 2.48. The monoisotopic (exact) mass is 237 g/mol. The highest BCUT2D eigenvalue weighted by Gasteiger charge is 2.14. The van der Waals surface area contributed by atoms with Gasteiger partial charge in [0, 0.05) is 42.4 Å². The van der Waals surface area contributed by atoms with Crippen LogP contribution in [0.4, 0.5) is 11.4 Å². The van der Waals surface area contributed by atoms with Crippen molar-refractivity contribution in [3.63, 3.8) is 0 Å². The third kappa shape index (κ3) is 2.44. The molecule has 0 aliphatic carbocycles. The molecule has 0 radical (unpaired) electrons. The summed E-state index contributed by atoms with van der Waals surface area (Å²) >= 11 is 1.70. The minimum atomic E-state index is 0.893. The molecule has 0 spiro atoms. The lowest BCUT2D eigenvalue weighted by atomic mass is 10.2. The van der Waals surface area contributed by atoms with Gasteiger partial charge in [-0.1, -0.05) is 0 Å². The second kappa shape index (κ2) is 4.97. The van der Waals surface area contributed by atoms with Crippen molar-refractivity contribution in [2.75, 3.05) is 50.1 Å². The number of piperazine rings is 1. The van der Waals surface area contributed by atoms with Gasteiger partial charge in [-0.25, -0.2) is 0 Å². The molecule has 0 atom stereocenters. The van der Waals surface area contributed by atoms with Gasteiger partial charge in [0.15, 0.2) is 0 Å². The number of anilines is 2. The van der Waals surface area contributed by atoms with E-state index in [-0.39, 0.29) is 0 Å². The van der Waals surface area contributed by atoms with Gasteiger partial charge in [-0.2, -0.15) is 0 Å². The van der Waals surface area contributed by atoms with Crippen LogP contribution in [0, 0.1) is 0 Å². The number of nitrogens with two attached hydrogens (primary N) is 1. The van der Waals surface area contributed by atoms with Crippen molar-refractivity contribution in [2.24, 2.45) is 0 Å². The lowest BCUT2D eigenvalue weighted by Crippen LogP contribution is -2.44. The average Bonchev–Trinajstić information content (AvgIpc) is 2.30. The van der Waals surface area contributed by atoms with Crippen LogP contribution in [0.25, 0.3) is 0 Å². The molecule has 1 aromatic rings. The molecule has 0 aromatic heterocycles. The predicted octanol–water partition coefficient (Wildman–Crippen LogP) is 1.74. The first-order valence-corrected chi connectivity index (χ1v) is 6.80. The van der Waals surface area contributed by atoms with Crippen molar-refractivity contribution in [1.82, 2.24) is 4.90 Å². The maximum Gasteiger partial charge on any atom is 0.0472 e. The predicted molar refractivity (Wildman–Crippen MR) is 72.3 cm³/mol. The molecule has 2 rings (SSSR count). The number of rotatable bonds is 2. The molecule has 0 saturated carbocycles. The second-order valence-corrected chi connectivity index (χ2v) is 5.06. The zero-order valence-corrected chi connectivity index (χ0v) is 10.8. The number of hydrogen-bond acceptors (Lipinski definition) is 4. The van der Waals surface area contributed by atoms with Crippen molar-refractivity contribution < 1.29 is 0 Å². The summed E-state index contributed by atoms with van der Waals surface area (Å²) in [6.07, 6.45) is 2.06. The number of hydrogen-bond donors (Lipinski definition) is 1. The van der Waals surface area contributed by atoms with Gasteiger partial charge in [-0.05, 0) is 31.5 Å². The Labute approximate surface area is 102 Å². The van der Waals surface area contributed by atoms with Gasteiger partial charge in [0.1, 0.15) is 0 Å². The van der Waals surface area contributed by atoms with Gasteiger partial charge in [0.2, 0.25) is 0 Å². The standard InChI is InChI=1S/C12H19N3S/c1-14-5-7-15(8-6-14)10-3-4-12(16-2)11(13)9-10/h3-4,9H,5-8,13H2,1-2H3. The molecule has 4 heteroatoms. The number of nitrogens with zero attached hydrogens (tertiary/aromatic N) is 2. The minimum Gasteiger partial charge on any atom is -0.398 e. The van der Waals surface area contributed by atoms with Gasteiger partial charge in [-0.3, -0.25) is 0 Å². The first-order chi connectivity index (χ1) is 7.70. The van der Waals surface area contributed by atoms with Crippen molar-refractivity contribution in [1.29, 1.82) is 0 Å². The molecule has 2 N–H and O–H groups in total. The maximum atomic E-state index is 6.01. The molecule has 1 saturated heterocycles. The molecule has 3 nitrogen and oxygen atoms in total. The van der Waals surface area contributed by atoms with Crippen LogP contribution in [0.2, 0.25) is 0 Å². The van der Waals surface area contributed by atoms with E-state index in [1.807, 2.05) is 0 Å². The highest BCUT2D eigenvalue weighted by molar-refractivity contribution is 7.98. The van der Waals surface area contributed by atoms with E-state index in [0.717, 1.165) is 36.8 Å². The third-order valence-corrected chi connectivity index (χ3v) is 3.89. The van der Waals surface area contributed by atoms with E-state index >= 15 is 0 Å². The zero-order chi connectivity index (χ0) is 11.5. The molecule has 16 heavy (non-hydrogen) atoms. The summed E-state index contributed by atoms with van der Waals surface area (Å²) in [5.74, 6) is 0. The summed E-state index contributed by atoms with van der Waals surface area (Å²) in [6, 6.07) is 6.39. The van der Waals surface area contributed by atoms with Crippen molar-refractivity contribution in [3.05, 3.63) is 18.2 Å². The smallest absolute Gasteiger partial charge is 0.0472 e. The van der Waals surface area contributed by atoms with Crippen LogP contribution in [0.1, 0.15) is 0 Å². The summed E-state index contributed by atoms with van der Waals surface area (Å²) in [5.41, 5.74) is 8.15. The SMILES string of the molecule is CSc1ccc(N2CCN(C)CC2)cc1N. The first kappa shape index (κ1) is 11.6. The topological polar surface area (TPSA) is 32.5 Å². The molecule has 1 heterocycles. The Morgan fingerprint density at radius 1 is 1.19 bits per heavy atom. The highest BCUT2D eigenvalue weighted by atomic mass is 32.2. The molecule has 0 unspecified atom stereocenters. The molecule has 1 fully saturated rings. The van der Waals surface area contributed by atoms with Gasteiger partial charge < -0.3 is 15.5 Å². The van der Waals surface area contributed by atoms with Crippen LogP contribution in [-0.2, 0) is 0 Å².